The number of aryl methyl sites for hydroxylation is 1. The Morgan fingerprint density at radius 2 is 1.94 bits per heavy atom. The molecule has 86 valence electrons. The summed E-state index contributed by atoms with van der Waals surface area (Å²) in [6, 6.07) is 14.6. The van der Waals surface area contributed by atoms with Crippen LogP contribution in [0.5, 0.6) is 0 Å². The van der Waals surface area contributed by atoms with Crippen molar-refractivity contribution in [1.82, 2.24) is 4.98 Å². The molecular weight excluding hydrogens is 276 g/mol. The van der Waals surface area contributed by atoms with Crippen LogP contribution in [-0.4, -0.2) is 11.5 Å². The van der Waals surface area contributed by atoms with Gasteiger partial charge in [-0.15, -0.1) is 0 Å². The number of benzene rings is 1. The van der Waals surface area contributed by atoms with Gasteiger partial charge in [0.05, 0.1) is 0 Å². The highest BCUT2D eigenvalue weighted by Crippen LogP contribution is 2.32. The first kappa shape index (κ1) is 10.8. The minimum atomic E-state index is 0.887. The van der Waals surface area contributed by atoms with Gasteiger partial charge >= 0.3 is 0 Å². The second kappa shape index (κ2) is 4.49. The Kier molecular flexibility index (Phi) is 2.85. The maximum atomic E-state index is 4.54. The summed E-state index contributed by atoms with van der Waals surface area (Å²) in [5.41, 5.74) is 2.71. The standard InChI is InChI=1S/C14H13BrN2/c15-13-8-3-9-14(16-13)17-10-4-6-11-5-1-2-7-12(11)17/h1-3,5,7-9H,4,6,10H2. The maximum Gasteiger partial charge on any atom is 0.134 e. The smallest absolute Gasteiger partial charge is 0.134 e. The molecule has 0 bridgehead atoms. The topological polar surface area (TPSA) is 16.1 Å². The highest BCUT2D eigenvalue weighted by Gasteiger charge is 2.18. The van der Waals surface area contributed by atoms with E-state index in [1.165, 1.54) is 24.1 Å². The number of para-hydroxylation sites is 1. The van der Waals surface area contributed by atoms with E-state index in [2.05, 4.69) is 56.1 Å². The van der Waals surface area contributed by atoms with Gasteiger partial charge in [0.1, 0.15) is 10.4 Å². The third-order valence-electron chi connectivity index (χ3n) is 3.09. The molecule has 2 heterocycles. The Bertz CT molecular complexity index is 539. The second-order valence-corrected chi connectivity index (χ2v) is 5.01. The molecule has 2 nitrogen and oxygen atoms in total. The van der Waals surface area contributed by atoms with Gasteiger partial charge in [-0.05, 0) is 52.5 Å². The number of pyridine rings is 1. The highest BCUT2D eigenvalue weighted by atomic mass is 79.9. The average Bonchev–Trinajstić information content (AvgIpc) is 2.38. The molecule has 0 radical (unpaired) electrons. The molecule has 0 spiro atoms. The number of halogens is 1. The Morgan fingerprint density at radius 3 is 2.82 bits per heavy atom. The minimum Gasteiger partial charge on any atom is -0.326 e. The number of hydrogen-bond acceptors (Lipinski definition) is 2. The lowest BCUT2D eigenvalue weighted by molar-refractivity contribution is 0.759. The van der Waals surface area contributed by atoms with E-state index in [9.17, 15) is 0 Å². The first-order valence-corrected chi connectivity index (χ1v) is 6.62. The quantitative estimate of drug-likeness (QED) is 0.739. The summed E-state index contributed by atoms with van der Waals surface area (Å²) in [6.07, 6.45) is 2.35. The Morgan fingerprint density at radius 1 is 1.06 bits per heavy atom. The number of anilines is 2. The van der Waals surface area contributed by atoms with Gasteiger partial charge in [0.15, 0.2) is 0 Å². The molecule has 0 N–H and O–H groups in total. The van der Waals surface area contributed by atoms with Crippen LogP contribution >= 0.6 is 15.9 Å². The van der Waals surface area contributed by atoms with Gasteiger partial charge < -0.3 is 4.90 Å². The van der Waals surface area contributed by atoms with Crippen molar-refractivity contribution in [2.45, 2.75) is 12.8 Å². The van der Waals surface area contributed by atoms with E-state index in [0.29, 0.717) is 0 Å². The van der Waals surface area contributed by atoms with E-state index in [1.54, 1.807) is 0 Å². The van der Waals surface area contributed by atoms with Crippen LogP contribution < -0.4 is 4.90 Å². The lowest BCUT2D eigenvalue weighted by Crippen LogP contribution is -2.25. The maximum absolute atomic E-state index is 4.54. The fourth-order valence-corrected chi connectivity index (χ4v) is 2.65. The van der Waals surface area contributed by atoms with Crippen molar-refractivity contribution in [2.24, 2.45) is 0 Å². The Hall–Kier alpha value is -1.35. The normalized spacial score (nSPS) is 14.5. The molecule has 2 aromatic rings. The summed E-state index contributed by atoms with van der Waals surface area (Å²) in [5, 5.41) is 0. The van der Waals surface area contributed by atoms with Gasteiger partial charge in [-0.2, -0.15) is 0 Å². The number of aromatic nitrogens is 1. The largest absolute Gasteiger partial charge is 0.326 e. The van der Waals surface area contributed by atoms with E-state index in [1.807, 2.05) is 12.1 Å². The summed E-state index contributed by atoms with van der Waals surface area (Å²) >= 11 is 3.43. The SMILES string of the molecule is Brc1cccc(N2CCCc3ccccc32)n1. The molecule has 3 heteroatoms. The first-order chi connectivity index (χ1) is 8.34. The van der Waals surface area contributed by atoms with Crippen LogP contribution in [0.2, 0.25) is 0 Å². The molecule has 3 rings (SSSR count). The molecule has 1 aliphatic heterocycles. The van der Waals surface area contributed by atoms with Crippen molar-refractivity contribution in [1.29, 1.82) is 0 Å². The van der Waals surface area contributed by atoms with Crippen LogP contribution in [0.1, 0.15) is 12.0 Å². The molecule has 1 aromatic heterocycles. The zero-order chi connectivity index (χ0) is 11.7. The third kappa shape index (κ3) is 2.07. The molecule has 1 aromatic carbocycles. The fraction of sp³-hybridized carbons (Fsp3) is 0.214. The number of hydrogen-bond donors (Lipinski definition) is 0. The molecule has 0 saturated carbocycles. The summed E-state index contributed by atoms with van der Waals surface area (Å²) in [6.45, 7) is 1.04. The number of fused-ring (bicyclic) bond motifs is 1. The summed E-state index contributed by atoms with van der Waals surface area (Å²) < 4.78 is 0.887. The third-order valence-corrected chi connectivity index (χ3v) is 3.53. The van der Waals surface area contributed by atoms with Crippen LogP contribution in [-0.2, 0) is 6.42 Å². The van der Waals surface area contributed by atoms with Crippen LogP contribution in [0.15, 0.2) is 47.1 Å². The van der Waals surface area contributed by atoms with Crippen LogP contribution in [0.25, 0.3) is 0 Å². The van der Waals surface area contributed by atoms with E-state index in [4.69, 9.17) is 0 Å². The lowest BCUT2D eigenvalue weighted by Gasteiger charge is -2.30. The van der Waals surface area contributed by atoms with E-state index >= 15 is 0 Å². The summed E-state index contributed by atoms with van der Waals surface area (Å²) in [7, 11) is 0. The lowest BCUT2D eigenvalue weighted by atomic mass is 10.0. The van der Waals surface area contributed by atoms with Gasteiger partial charge in [-0.1, -0.05) is 24.3 Å². The van der Waals surface area contributed by atoms with Crippen molar-refractivity contribution in [3.63, 3.8) is 0 Å². The van der Waals surface area contributed by atoms with Gasteiger partial charge in [-0.3, -0.25) is 0 Å². The van der Waals surface area contributed by atoms with E-state index in [-0.39, 0.29) is 0 Å². The van der Waals surface area contributed by atoms with Crippen molar-refractivity contribution < 1.29 is 0 Å². The molecule has 17 heavy (non-hydrogen) atoms. The second-order valence-electron chi connectivity index (χ2n) is 4.20. The Balaban J connectivity index is 2.06. The minimum absolute atomic E-state index is 0.887. The van der Waals surface area contributed by atoms with Crippen LogP contribution in [0, 0.1) is 0 Å². The molecule has 0 atom stereocenters. The predicted octanol–water partition coefficient (Wildman–Crippen LogP) is 3.93. The first-order valence-electron chi connectivity index (χ1n) is 5.82. The highest BCUT2D eigenvalue weighted by molar-refractivity contribution is 9.10. The molecule has 0 amide bonds. The number of nitrogens with zero attached hydrogens (tertiary/aromatic N) is 2. The van der Waals surface area contributed by atoms with Gasteiger partial charge in [-0.25, -0.2) is 4.98 Å². The van der Waals surface area contributed by atoms with Crippen LogP contribution in [0.3, 0.4) is 0 Å². The average molecular weight is 289 g/mol. The number of rotatable bonds is 1. The molecule has 1 aliphatic rings. The van der Waals surface area contributed by atoms with Crippen LogP contribution in [0.4, 0.5) is 11.5 Å². The van der Waals surface area contributed by atoms with Gasteiger partial charge in [0, 0.05) is 12.2 Å². The predicted molar refractivity (Wildman–Crippen MR) is 73.7 cm³/mol. The van der Waals surface area contributed by atoms with Crippen molar-refractivity contribution in [3.05, 3.63) is 52.6 Å². The zero-order valence-electron chi connectivity index (χ0n) is 9.44. The molecule has 0 saturated heterocycles. The molecular formula is C14H13BrN2. The zero-order valence-corrected chi connectivity index (χ0v) is 11.0. The molecule has 0 aliphatic carbocycles. The molecule has 0 fully saturated rings. The fourth-order valence-electron chi connectivity index (χ4n) is 2.32. The van der Waals surface area contributed by atoms with E-state index < -0.39 is 0 Å². The monoisotopic (exact) mass is 288 g/mol. The van der Waals surface area contributed by atoms with Crippen molar-refractivity contribution >= 4 is 27.4 Å². The van der Waals surface area contributed by atoms with Crippen molar-refractivity contribution in [2.75, 3.05) is 11.4 Å². The van der Waals surface area contributed by atoms with Crippen molar-refractivity contribution in [3.8, 4) is 0 Å². The Labute approximate surface area is 109 Å². The summed E-state index contributed by atoms with van der Waals surface area (Å²) in [4.78, 5) is 6.83. The summed E-state index contributed by atoms with van der Waals surface area (Å²) in [5.74, 6) is 1.02. The van der Waals surface area contributed by atoms with Gasteiger partial charge in [0.25, 0.3) is 0 Å². The van der Waals surface area contributed by atoms with Gasteiger partial charge in [0.2, 0.25) is 0 Å². The van der Waals surface area contributed by atoms with E-state index in [0.717, 1.165) is 17.0 Å². The molecule has 0 unspecified atom stereocenters.